The predicted molar refractivity (Wildman–Crippen MR) is 193 cm³/mol. The minimum Gasteiger partial charge on any atom is -0.442 e. The number of nitrogens with zero attached hydrogens (tertiary/aromatic N) is 5. The maximum Gasteiger partial charge on any atom is 0.414 e. The molecule has 0 spiro atoms. The number of rotatable bonds is 14. The van der Waals surface area contributed by atoms with E-state index in [0.29, 0.717) is 68.8 Å². The molecule has 0 radical (unpaired) electrons. The van der Waals surface area contributed by atoms with E-state index in [1.165, 1.54) is 11.0 Å². The summed E-state index contributed by atoms with van der Waals surface area (Å²) in [4.78, 5) is 30.7. The number of unbranched alkanes of at least 4 members (excludes halogenated alkanes) is 1. The number of aromatic nitrogens is 1. The highest BCUT2D eigenvalue weighted by Crippen LogP contribution is 2.77. The summed E-state index contributed by atoms with van der Waals surface area (Å²) in [5.74, 6) is -0.530. The zero-order chi connectivity index (χ0) is 38.1. The summed E-state index contributed by atoms with van der Waals surface area (Å²) >= 11 is 0. The molecule has 7 fully saturated rings. The Morgan fingerprint density at radius 3 is 2.33 bits per heavy atom. The van der Waals surface area contributed by atoms with Crippen molar-refractivity contribution in [3.63, 3.8) is 0 Å². The van der Waals surface area contributed by atoms with Crippen molar-refractivity contribution in [3.8, 4) is 29.3 Å². The van der Waals surface area contributed by atoms with Gasteiger partial charge in [-0.1, -0.05) is 25.8 Å². The van der Waals surface area contributed by atoms with Crippen LogP contribution in [0.5, 0.6) is 0 Å². The van der Waals surface area contributed by atoms with Crippen LogP contribution < -0.4 is 10.2 Å². The van der Waals surface area contributed by atoms with Crippen molar-refractivity contribution < 1.29 is 32.9 Å². The number of fused-ring (bicyclic) bond motifs is 3. The van der Waals surface area contributed by atoms with Crippen LogP contribution in [0.2, 0.25) is 0 Å². The van der Waals surface area contributed by atoms with Gasteiger partial charge in [0.1, 0.15) is 11.9 Å². The van der Waals surface area contributed by atoms with Gasteiger partial charge in [0.25, 0.3) is 0 Å². The molecule has 12 nitrogen and oxygen atoms in total. The van der Waals surface area contributed by atoms with E-state index in [2.05, 4.69) is 23.5 Å². The molecule has 2 amide bonds. The fourth-order valence-electron chi connectivity index (χ4n) is 11.6. The number of ether oxygens (including phenoxy) is 4. The SMILES string of the molecule is CCC(=O)NC[C@H]1CN(c2ccc(-c3ccc(C(C(CCCCC45COCC4C5C#N)C45COCC4C5C#N)C45COCC4C5C#N)nc3)c(F)c2)C(=O)O1. The molecule has 1 aromatic carbocycles. The Labute approximate surface area is 319 Å². The molecular formula is C42H45FN6O6. The topological polar surface area (TPSA) is 171 Å². The number of hydrogen-bond donors (Lipinski definition) is 1. The van der Waals surface area contributed by atoms with E-state index in [0.717, 1.165) is 31.4 Å². The number of cyclic esters (lactones) is 1. The molecule has 1 aromatic heterocycles. The molecule has 12 atom stereocenters. The Morgan fingerprint density at radius 1 is 0.964 bits per heavy atom. The molecule has 3 saturated carbocycles. The highest BCUT2D eigenvalue weighted by molar-refractivity contribution is 5.90. The molecule has 5 heterocycles. The lowest BCUT2D eigenvalue weighted by Crippen LogP contribution is -2.36. The van der Waals surface area contributed by atoms with E-state index < -0.39 is 23.4 Å². The largest absolute Gasteiger partial charge is 0.442 e. The van der Waals surface area contributed by atoms with Crippen molar-refractivity contribution in [1.29, 1.82) is 15.8 Å². The van der Waals surface area contributed by atoms with E-state index in [1.807, 2.05) is 12.1 Å². The van der Waals surface area contributed by atoms with Gasteiger partial charge in [0, 0.05) is 69.4 Å². The van der Waals surface area contributed by atoms with Gasteiger partial charge < -0.3 is 24.3 Å². The van der Waals surface area contributed by atoms with Crippen molar-refractivity contribution in [3.05, 3.63) is 48.0 Å². The summed E-state index contributed by atoms with van der Waals surface area (Å²) in [7, 11) is 0. The van der Waals surface area contributed by atoms with Crippen LogP contribution in [0, 0.1) is 97.5 Å². The molecule has 4 saturated heterocycles. The number of nitrogens with one attached hydrogen (secondary N) is 1. The standard InChI is InChI=1S/C42H45FN6O6/c1-2-37(50)48-16-26-17-49(39(51)55-26)25-7-8-27(35(43)11-25)24-6-9-36(47-15-24)38(42-23-54-20-34(42)31(42)14-46)28(41-22-53-19-33(41)30(41)13-45)5-3-4-10-40-21-52-18-32(40)29(40)12-44/h6-9,11,15,26,28-34,38H,2-5,10,16-23H2,1H3,(H,48,50)/t26-,28?,29?,30?,31?,32?,33?,34?,38?,40?,41?,42?/m0/s1. The Morgan fingerprint density at radius 2 is 1.67 bits per heavy atom. The van der Waals surface area contributed by atoms with Crippen molar-refractivity contribution in [2.24, 2.45) is 57.7 Å². The fraction of sp³-hybridized carbons (Fsp3) is 0.619. The predicted octanol–water partition coefficient (Wildman–Crippen LogP) is 5.36. The average Bonchev–Trinajstić information content (AvgIpc) is 3.80. The number of carbonyl (C=O) groups excluding carboxylic acids is 2. The van der Waals surface area contributed by atoms with Crippen LogP contribution in [-0.4, -0.2) is 75.8 Å². The van der Waals surface area contributed by atoms with E-state index in [1.54, 1.807) is 25.3 Å². The normalized spacial score (nSPS) is 37.0. The van der Waals surface area contributed by atoms with Gasteiger partial charge in [-0.25, -0.2) is 9.18 Å². The molecule has 0 bridgehead atoms. The second-order valence-corrected chi connectivity index (χ2v) is 16.9. The van der Waals surface area contributed by atoms with Crippen LogP contribution in [0.25, 0.3) is 11.1 Å². The third-order valence-corrected chi connectivity index (χ3v) is 14.6. The first-order chi connectivity index (χ1) is 26.8. The fourth-order valence-corrected chi connectivity index (χ4v) is 11.6. The minimum absolute atomic E-state index is 0.0139. The molecule has 9 rings (SSSR count). The zero-order valence-corrected chi connectivity index (χ0v) is 30.9. The van der Waals surface area contributed by atoms with Gasteiger partial charge in [0.15, 0.2) is 0 Å². The maximum atomic E-state index is 15.8. The van der Waals surface area contributed by atoms with Crippen LogP contribution in [0.15, 0.2) is 36.5 Å². The number of hydrogen-bond acceptors (Lipinski definition) is 10. The van der Waals surface area contributed by atoms with Gasteiger partial charge in [-0.3, -0.25) is 14.7 Å². The number of nitriles is 3. The number of benzene rings is 1. The van der Waals surface area contributed by atoms with Gasteiger partial charge in [-0.15, -0.1) is 0 Å². The maximum absolute atomic E-state index is 15.8. The van der Waals surface area contributed by atoms with Crippen molar-refractivity contribution in [2.75, 3.05) is 57.6 Å². The Kier molecular flexibility index (Phi) is 8.88. The monoisotopic (exact) mass is 748 g/mol. The van der Waals surface area contributed by atoms with Crippen LogP contribution in [-0.2, 0) is 23.7 Å². The van der Waals surface area contributed by atoms with Crippen LogP contribution in [0.1, 0.15) is 50.6 Å². The summed E-state index contributed by atoms with van der Waals surface area (Å²) in [5, 5.41) is 33.2. The highest BCUT2D eigenvalue weighted by Gasteiger charge is 2.79. The van der Waals surface area contributed by atoms with Gasteiger partial charge in [-0.05, 0) is 43.0 Å². The lowest BCUT2D eigenvalue weighted by Gasteiger charge is -2.38. The number of pyridine rings is 1. The molecule has 13 heteroatoms. The van der Waals surface area contributed by atoms with Gasteiger partial charge in [-0.2, -0.15) is 15.8 Å². The second-order valence-electron chi connectivity index (χ2n) is 16.9. The Bertz CT molecular complexity index is 2010. The zero-order valence-electron chi connectivity index (χ0n) is 30.9. The van der Waals surface area contributed by atoms with Gasteiger partial charge in [0.2, 0.25) is 5.91 Å². The van der Waals surface area contributed by atoms with Gasteiger partial charge >= 0.3 is 6.09 Å². The quantitative estimate of drug-likeness (QED) is 0.248. The first-order valence-corrected chi connectivity index (χ1v) is 19.7. The van der Waals surface area contributed by atoms with Crippen molar-refractivity contribution in [1.82, 2.24) is 10.3 Å². The Balaban J connectivity index is 0.984. The number of amides is 2. The third-order valence-electron chi connectivity index (χ3n) is 14.6. The smallest absolute Gasteiger partial charge is 0.414 e. The third kappa shape index (κ3) is 5.47. The van der Waals surface area contributed by atoms with Crippen molar-refractivity contribution in [2.45, 2.75) is 51.0 Å². The van der Waals surface area contributed by atoms with E-state index in [4.69, 9.17) is 23.9 Å². The number of anilines is 1. The van der Waals surface area contributed by atoms with Crippen molar-refractivity contribution >= 4 is 17.7 Å². The summed E-state index contributed by atoms with van der Waals surface area (Å²) < 4.78 is 39.1. The van der Waals surface area contributed by atoms with Gasteiger partial charge in [0.05, 0.1) is 94.4 Å². The summed E-state index contributed by atoms with van der Waals surface area (Å²) in [6.07, 6.45) is 4.50. The molecule has 1 N–H and O–H groups in total. The van der Waals surface area contributed by atoms with E-state index in [9.17, 15) is 25.4 Å². The average molecular weight is 749 g/mol. The lowest BCUT2D eigenvalue weighted by atomic mass is 9.65. The summed E-state index contributed by atoms with van der Waals surface area (Å²) in [6.45, 7) is 5.45. The molecule has 2 aromatic rings. The molecular weight excluding hydrogens is 703 g/mol. The number of carbonyl (C=O) groups is 2. The molecule has 7 aliphatic rings. The molecule has 3 aliphatic carbocycles. The van der Waals surface area contributed by atoms with E-state index >= 15 is 4.39 Å². The summed E-state index contributed by atoms with van der Waals surface area (Å²) in [5.41, 5.74) is 1.28. The molecule has 286 valence electrons. The highest BCUT2D eigenvalue weighted by atomic mass is 19.1. The lowest BCUT2D eigenvalue weighted by molar-refractivity contribution is -0.121. The van der Waals surface area contributed by atoms with Crippen LogP contribution >= 0.6 is 0 Å². The van der Waals surface area contributed by atoms with E-state index in [-0.39, 0.29) is 71.3 Å². The number of halogens is 1. The first-order valence-electron chi connectivity index (χ1n) is 19.7. The van der Waals surface area contributed by atoms with Crippen LogP contribution in [0.3, 0.4) is 0 Å². The second kappa shape index (κ2) is 13.5. The summed E-state index contributed by atoms with van der Waals surface area (Å²) in [6, 6.07) is 16.2. The molecule has 4 aliphatic heterocycles. The van der Waals surface area contributed by atoms with Crippen LogP contribution in [0.4, 0.5) is 14.9 Å². The Hall–Kier alpha value is -4.61. The molecule has 11 unspecified atom stereocenters. The molecule has 55 heavy (non-hydrogen) atoms. The minimum atomic E-state index is -0.599. The first kappa shape index (κ1) is 36.1.